The molecule has 0 heterocycles. The number of rotatable bonds is 3. The van der Waals surface area contributed by atoms with E-state index >= 15 is 0 Å². The van der Waals surface area contributed by atoms with Crippen LogP contribution in [0.25, 0.3) is 0 Å². The van der Waals surface area contributed by atoms with Crippen molar-refractivity contribution >= 4 is 17.5 Å². The smallest absolute Gasteiger partial charge is 0.412 e. The standard InChI is InChI=1S/C18H22N2O2/c1-18(2,3)22-17(21)20-15-10-8-13(9-11-15)12-14-6-4-5-7-16(14)19/h4-11H,12,19H2,1-3H3,(H,20,21). The first kappa shape index (κ1) is 15.9. The molecule has 0 bridgehead atoms. The molecule has 0 unspecified atom stereocenters. The number of amides is 1. The summed E-state index contributed by atoms with van der Waals surface area (Å²) in [6.07, 6.45) is 0.312. The van der Waals surface area contributed by atoms with Gasteiger partial charge in [-0.2, -0.15) is 0 Å². The van der Waals surface area contributed by atoms with Crippen LogP contribution in [0.3, 0.4) is 0 Å². The van der Waals surface area contributed by atoms with E-state index in [-0.39, 0.29) is 0 Å². The molecule has 22 heavy (non-hydrogen) atoms. The number of ether oxygens (including phenoxy) is 1. The Morgan fingerprint density at radius 3 is 2.32 bits per heavy atom. The Labute approximate surface area is 131 Å². The van der Waals surface area contributed by atoms with E-state index in [0.717, 1.165) is 23.2 Å². The zero-order chi connectivity index (χ0) is 16.2. The van der Waals surface area contributed by atoms with E-state index in [1.165, 1.54) is 0 Å². The molecule has 2 rings (SSSR count). The summed E-state index contributed by atoms with van der Waals surface area (Å²) in [5.41, 5.74) is 9.17. The average Bonchev–Trinajstić information content (AvgIpc) is 2.41. The van der Waals surface area contributed by atoms with Crippen molar-refractivity contribution in [3.05, 3.63) is 59.7 Å². The summed E-state index contributed by atoms with van der Waals surface area (Å²) in [6, 6.07) is 15.5. The molecule has 116 valence electrons. The molecule has 4 nitrogen and oxygen atoms in total. The van der Waals surface area contributed by atoms with Crippen LogP contribution < -0.4 is 11.1 Å². The van der Waals surface area contributed by atoms with Gasteiger partial charge in [-0.1, -0.05) is 30.3 Å². The number of nitrogen functional groups attached to an aromatic ring is 1. The van der Waals surface area contributed by atoms with E-state index in [1.54, 1.807) is 0 Å². The maximum absolute atomic E-state index is 11.7. The number of nitrogens with two attached hydrogens (primary N) is 1. The van der Waals surface area contributed by atoms with Gasteiger partial charge in [0.25, 0.3) is 0 Å². The molecule has 0 aliphatic carbocycles. The third-order valence-corrected chi connectivity index (χ3v) is 3.05. The number of para-hydroxylation sites is 1. The van der Waals surface area contributed by atoms with Gasteiger partial charge in [0.15, 0.2) is 0 Å². The fraction of sp³-hybridized carbons (Fsp3) is 0.278. The molecular weight excluding hydrogens is 276 g/mol. The van der Waals surface area contributed by atoms with E-state index in [2.05, 4.69) is 5.32 Å². The van der Waals surface area contributed by atoms with Crippen molar-refractivity contribution in [3.63, 3.8) is 0 Å². The summed E-state index contributed by atoms with van der Waals surface area (Å²) in [4.78, 5) is 11.7. The second-order valence-electron chi connectivity index (χ2n) is 6.20. The molecule has 0 fully saturated rings. The van der Waals surface area contributed by atoms with E-state index in [9.17, 15) is 4.79 Å². The van der Waals surface area contributed by atoms with Crippen molar-refractivity contribution in [2.75, 3.05) is 11.1 Å². The van der Waals surface area contributed by atoms with Crippen molar-refractivity contribution < 1.29 is 9.53 Å². The highest BCUT2D eigenvalue weighted by Gasteiger charge is 2.16. The van der Waals surface area contributed by atoms with Gasteiger partial charge >= 0.3 is 6.09 Å². The molecule has 0 saturated heterocycles. The van der Waals surface area contributed by atoms with Crippen molar-refractivity contribution in [3.8, 4) is 0 Å². The van der Waals surface area contributed by atoms with E-state index in [1.807, 2.05) is 69.3 Å². The number of nitrogens with one attached hydrogen (secondary N) is 1. The first-order valence-electron chi connectivity index (χ1n) is 7.26. The molecular formula is C18H22N2O2. The SMILES string of the molecule is CC(C)(C)OC(=O)Nc1ccc(Cc2ccccc2N)cc1. The number of anilines is 2. The van der Waals surface area contributed by atoms with Crippen LogP contribution in [0.4, 0.5) is 16.2 Å². The Balaban J connectivity index is 1.99. The lowest BCUT2D eigenvalue weighted by Gasteiger charge is -2.19. The maximum atomic E-state index is 11.7. The summed E-state index contributed by atoms with van der Waals surface area (Å²) in [6.45, 7) is 5.50. The minimum atomic E-state index is -0.505. The molecule has 4 heteroatoms. The molecule has 2 aromatic rings. The molecule has 3 N–H and O–H groups in total. The number of hydrogen-bond donors (Lipinski definition) is 2. The summed E-state index contributed by atoms with van der Waals surface area (Å²) in [5.74, 6) is 0. The van der Waals surface area contributed by atoms with Crippen molar-refractivity contribution in [2.45, 2.75) is 32.8 Å². The van der Waals surface area contributed by atoms with Crippen LogP contribution in [-0.2, 0) is 11.2 Å². The van der Waals surface area contributed by atoms with Crippen LogP contribution in [-0.4, -0.2) is 11.7 Å². The minimum Gasteiger partial charge on any atom is -0.444 e. The lowest BCUT2D eigenvalue weighted by atomic mass is 10.0. The van der Waals surface area contributed by atoms with E-state index < -0.39 is 11.7 Å². The highest BCUT2D eigenvalue weighted by atomic mass is 16.6. The van der Waals surface area contributed by atoms with Gasteiger partial charge in [-0.15, -0.1) is 0 Å². The molecule has 0 saturated carbocycles. The molecule has 0 aliphatic rings. The predicted octanol–water partition coefficient (Wildman–Crippen LogP) is 4.21. The van der Waals surface area contributed by atoms with E-state index in [0.29, 0.717) is 5.69 Å². The first-order chi connectivity index (χ1) is 10.3. The largest absolute Gasteiger partial charge is 0.444 e. The predicted molar refractivity (Wildman–Crippen MR) is 90.0 cm³/mol. The molecule has 0 atom stereocenters. The average molecular weight is 298 g/mol. The Hall–Kier alpha value is -2.49. The van der Waals surface area contributed by atoms with Crippen molar-refractivity contribution in [1.29, 1.82) is 0 Å². The molecule has 0 spiro atoms. The van der Waals surface area contributed by atoms with Crippen LogP contribution in [0.1, 0.15) is 31.9 Å². The fourth-order valence-electron chi connectivity index (χ4n) is 2.04. The Morgan fingerprint density at radius 1 is 1.09 bits per heavy atom. The van der Waals surface area contributed by atoms with Gasteiger partial charge in [-0.3, -0.25) is 5.32 Å². The van der Waals surface area contributed by atoms with Crippen LogP contribution in [0.15, 0.2) is 48.5 Å². The summed E-state index contributed by atoms with van der Waals surface area (Å²) in [5, 5.41) is 2.72. The van der Waals surface area contributed by atoms with Gasteiger partial charge in [0.1, 0.15) is 5.60 Å². The molecule has 1 amide bonds. The van der Waals surface area contributed by atoms with Gasteiger partial charge in [0.2, 0.25) is 0 Å². The second kappa shape index (κ2) is 6.52. The highest BCUT2D eigenvalue weighted by molar-refractivity contribution is 5.84. The Bertz CT molecular complexity index is 643. The quantitative estimate of drug-likeness (QED) is 0.834. The number of benzene rings is 2. The lowest BCUT2D eigenvalue weighted by molar-refractivity contribution is 0.0636. The van der Waals surface area contributed by atoms with Crippen molar-refractivity contribution in [1.82, 2.24) is 0 Å². The van der Waals surface area contributed by atoms with Crippen LogP contribution in [0.2, 0.25) is 0 Å². The maximum Gasteiger partial charge on any atom is 0.412 e. The van der Waals surface area contributed by atoms with Crippen LogP contribution in [0.5, 0.6) is 0 Å². The van der Waals surface area contributed by atoms with Crippen molar-refractivity contribution in [2.24, 2.45) is 0 Å². The zero-order valence-corrected chi connectivity index (χ0v) is 13.2. The molecule has 0 aliphatic heterocycles. The lowest BCUT2D eigenvalue weighted by Crippen LogP contribution is -2.27. The molecule has 0 radical (unpaired) electrons. The van der Waals surface area contributed by atoms with Crippen LogP contribution in [0, 0.1) is 0 Å². The van der Waals surface area contributed by atoms with Crippen LogP contribution >= 0.6 is 0 Å². The third kappa shape index (κ3) is 4.81. The third-order valence-electron chi connectivity index (χ3n) is 3.05. The number of hydrogen-bond acceptors (Lipinski definition) is 3. The Morgan fingerprint density at radius 2 is 1.73 bits per heavy atom. The topological polar surface area (TPSA) is 64.3 Å². The summed E-state index contributed by atoms with van der Waals surface area (Å²) < 4.78 is 5.22. The second-order valence-corrected chi connectivity index (χ2v) is 6.20. The van der Waals surface area contributed by atoms with E-state index in [4.69, 9.17) is 10.5 Å². The minimum absolute atomic E-state index is 0.451. The highest BCUT2D eigenvalue weighted by Crippen LogP contribution is 2.18. The normalized spacial score (nSPS) is 11.0. The van der Waals surface area contributed by atoms with Gasteiger partial charge in [0, 0.05) is 11.4 Å². The molecule has 2 aromatic carbocycles. The summed E-state index contributed by atoms with van der Waals surface area (Å²) >= 11 is 0. The number of carbonyl (C=O) groups is 1. The number of carbonyl (C=O) groups excluding carboxylic acids is 1. The summed E-state index contributed by atoms with van der Waals surface area (Å²) in [7, 11) is 0. The zero-order valence-electron chi connectivity index (χ0n) is 13.2. The monoisotopic (exact) mass is 298 g/mol. The van der Waals surface area contributed by atoms with Gasteiger partial charge in [0.05, 0.1) is 0 Å². The first-order valence-corrected chi connectivity index (χ1v) is 7.26. The molecule has 0 aromatic heterocycles. The Kier molecular flexibility index (Phi) is 4.71. The van der Waals surface area contributed by atoms with Gasteiger partial charge in [-0.05, 0) is 56.5 Å². The van der Waals surface area contributed by atoms with Gasteiger partial charge in [-0.25, -0.2) is 4.79 Å². The fourth-order valence-corrected chi connectivity index (χ4v) is 2.04. The van der Waals surface area contributed by atoms with Gasteiger partial charge < -0.3 is 10.5 Å².